The monoisotopic (exact) mass is 537 g/mol. The molecule has 0 atom stereocenters. The Hall–Kier alpha value is -1.85. The molecule has 10 heteroatoms. The molecule has 0 aliphatic carbocycles. The van der Waals surface area contributed by atoms with E-state index < -0.39 is 0 Å². The van der Waals surface area contributed by atoms with Crippen LogP contribution >= 0.6 is 31.9 Å². The van der Waals surface area contributed by atoms with E-state index in [0.29, 0.717) is 29.3 Å². The Bertz CT molecular complexity index is 979. The van der Waals surface area contributed by atoms with Gasteiger partial charge >= 0.3 is 0 Å². The number of aromatic nitrogens is 1. The number of halogens is 2. The first kappa shape index (κ1) is 21.4. The molecule has 1 fully saturated rings. The van der Waals surface area contributed by atoms with Crippen LogP contribution in [0.1, 0.15) is 10.4 Å². The van der Waals surface area contributed by atoms with Crippen LogP contribution in [0.3, 0.4) is 0 Å². The van der Waals surface area contributed by atoms with Crippen molar-refractivity contribution in [2.24, 2.45) is 0 Å². The molecule has 1 aromatic carbocycles. The molecule has 0 bridgehead atoms. The third kappa shape index (κ3) is 4.28. The fraction of sp³-hybridized carbons (Fsp3) is 0.350. The van der Waals surface area contributed by atoms with Crippen LogP contribution in [-0.4, -0.2) is 77.6 Å². The Balaban J connectivity index is 1.66. The first-order chi connectivity index (χ1) is 14.5. The molecule has 158 valence electrons. The summed E-state index contributed by atoms with van der Waals surface area (Å²) >= 11 is 6.96. The highest BCUT2D eigenvalue weighted by atomic mass is 79.9. The van der Waals surface area contributed by atoms with E-state index in [-0.39, 0.29) is 25.0 Å². The first-order valence-corrected chi connectivity index (χ1v) is 11.2. The Labute approximate surface area is 191 Å². The maximum Gasteiger partial charge on any atom is 0.259 e. The number of benzene rings is 1. The van der Waals surface area contributed by atoms with Crippen LogP contribution in [0.4, 0.5) is 17.2 Å². The number of amides is 2. The summed E-state index contributed by atoms with van der Waals surface area (Å²) < 4.78 is 1.54. The summed E-state index contributed by atoms with van der Waals surface area (Å²) in [5.41, 5.74) is 1.45. The van der Waals surface area contributed by atoms with Gasteiger partial charge in [0.2, 0.25) is 5.91 Å². The molecule has 1 aromatic heterocycles. The summed E-state index contributed by atoms with van der Waals surface area (Å²) in [7, 11) is 0. The average molecular weight is 539 g/mol. The molecule has 2 aliphatic heterocycles. The van der Waals surface area contributed by atoms with Crippen LogP contribution in [0.15, 0.2) is 39.4 Å². The van der Waals surface area contributed by atoms with Crippen molar-refractivity contribution < 1.29 is 14.7 Å². The van der Waals surface area contributed by atoms with Crippen molar-refractivity contribution in [1.29, 1.82) is 0 Å². The van der Waals surface area contributed by atoms with Crippen LogP contribution in [0, 0.1) is 0 Å². The number of pyridine rings is 1. The molecular weight excluding hydrogens is 518 g/mol. The summed E-state index contributed by atoms with van der Waals surface area (Å²) in [6.07, 6.45) is 1.58. The molecule has 8 nitrogen and oxygen atoms in total. The quantitative estimate of drug-likeness (QED) is 0.621. The number of rotatable bonds is 4. The Kier molecular flexibility index (Phi) is 6.49. The van der Waals surface area contributed by atoms with Gasteiger partial charge in [0.25, 0.3) is 5.91 Å². The van der Waals surface area contributed by atoms with E-state index in [1.165, 1.54) is 4.90 Å². The number of nitrogens with zero attached hydrogens (tertiary/aromatic N) is 4. The van der Waals surface area contributed by atoms with E-state index in [1.54, 1.807) is 30.5 Å². The summed E-state index contributed by atoms with van der Waals surface area (Å²) in [5, 5.41) is 12.0. The van der Waals surface area contributed by atoms with E-state index in [2.05, 4.69) is 52.0 Å². The van der Waals surface area contributed by atoms with E-state index in [0.717, 1.165) is 35.1 Å². The highest BCUT2D eigenvalue weighted by molar-refractivity contribution is 9.13. The number of nitrogens with one attached hydrogen (secondary N) is 1. The second-order valence-corrected chi connectivity index (χ2v) is 8.89. The SMILES string of the molecule is O=C1Nc2cc(Br)c(Br)cc2N(C(=O)CN2CCN(CCO)CC2)c2ncccc21. The van der Waals surface area contributed by atoms with Gasteiger partial charge in [0.15, 0.2) is 5.82 Å². The van der Waals surface area contributed by atoms with Crippen molar-refractivity contribution in [1.82, 2.24) is 14.8 Å². The minimum Gasteiger partial charge on any atom is -0.395 e. The van der Waals surface area contributed by atoms with Crippen molar-refractivity contribution in [3.8, 4) is 0 Å². The Morgan fingerprint density at radius 2 is 1.83 bits per heavy atom. The van der Waals surface area contributed by atoms with E-state index in [9.17, 15) is 9.59 Å². The number of β-amino-alcohol motifs (C(OH)–C–C–N with tert-alkyl or cyclic N) is 1. The molecular formula is C20H21Br2N5O3. The lowest BCUT2D eigenvalue weighted by molar-refractivity contribution is -0.119. The predicted octanol–water partition coefficient (Wildman–Crippen LogP) is 2.45. The number of hydrogen-bond donors (Lipinski definition) is 2. The lowest BCUT2D eigenvalue weighted by Gasteiger charge is -2.35. The lowest BCUT2D eigenvalue weighted by Crippen LogP contribution is -2.50. The highest BCUT2D eigenvalue weighted by Crippen LogP contribution is 2.41. The van der Waals surface area contributed by atoms with Crippen molar-refractivity contribution in [2.75, 3.05) is 56.1 Å². The maximum atomic E-state index is 13.5. The number of fused-ring (bicyclic) bond motifs is 2. The Morgan fingerprint density at radius 3 is 2.57 bits per heavy atom. The van der Waals surface area contributed by atoms with Gasteiger partial charge in [-0.15, -0.1) is 0 Å². The van der Waals surface area contributed by atoms with Gasteiger partial charge in [-0.2, -0.15) is 0 Å². The molecule has 30 heavy (non-hydrogen) atoms. The van der Waals surface area contributed by atoms with Crippen LogP contribution in [0.2, 0.25) is 0 Å². The van der Waals surface area contributed by atoms with Gasteiger partial charge in [0.05, 0.1) is 30.1 Å². The minimum absolute atomic E-state index is 0.136. The van der Waals surface area contributed by atoms with Gasteiger partial charge in [-0.25, -0.2) is 4.98 Å². The van der Waals surface area contributed by atoms with E-state index in [1.807, 2.05) is 0 Å². The summed E-state index contributed by atoms with van der Waals surface area (Å²) in [5.74, 6) is -0.133. The predicted molar refractivity (Wildman–Crippen MR) is 121 cm³/mol. The first-order valence-electron chi connectivity index (χ1n) is 9.62. The minimum atomic E-state index is -0.304. The standard InChI is InChI=1S/C20H21Br2N5O3/c21-14-10-16-17(11-15(14)22)27(19-13(20(30)24-16)2-1-3-23-19)18(29)12-26-6-4-25(5-7-26)8-9-28/h1-3,10-11,28H,4-9,12H2,(H,24,30). The number of hydrogen-bond acceptors (Lipinski definition) is 6. The van der Waals surface area contributed by atoms with E-state index in [4.69, 9.17) is 5.11 Å². The van der Waals surface area contributed by atoms with E-state index >= 15 is 0 Å². The topological polar surface area (TPSA) is 89.0 Å². The molecule has 0 unspecified atom stereocenters. The molecule has 0 radical (unpaired) electrons. The van der Waals surface area contributed by atoms with Gasteiger partial charge in [0.1, 0.15) is 0 Å². The Morgan fingerprint density at radius 1 is 1.13 bits per heavy atom. The molecule has 0 saturated carbocycles. The van der Waals surface area contributed by atoms with Gasteiger partial charge in [-0.05, 0) is 56.1 Å². The van der Waals surface area contributed by atoms with Crippen molar-refractivity contribution in [2.45, 2.75) is 0 Å². The number of piperazine rings is 1. The molecule has 2 N–H and O–H groups in total. The maximum absolute atomic E-state index is 13.5. The second-order valence-electron chi connectivity index (χ2n) is 7.18. The van der Waals surface area contributed by atoms with Gasteiger partial charge in [-0.3, -0.25) is 24.3 Å². The molecule has 2 aromatic rings. The molecule has 2 amide bonds. The zero-order chi connectivity index (χ0) is 21.3. The fourth-order valence-corrected chi connectivity index (χ4v) is 4.38. The number of aliphatic hydroxyl groups is 1. The van der Waals surface area contributed by atoms with Crippen molar-refractivity contribution >= 4 is 60.9 Å². The molecule has 2 aliphatic rings. The summed E-state index contributed by atoms with van der Waals surface area (Å²) in [6.45, 7) is 4.08. The second kappa shape index (κ2) is 9.11. The zero-order valence-electron chi connectivity index (χ0n) is 16.1. The number of carbonyl (C=O) groups is 2. The molecule has 3 heterocycles. The molecule has 1 saturated heterocycles. The zero-order valence-corrected chi connectivity index (χ0v) is 19.3. The lowest BCUT2D eigenvalue weighted by atomic mass is 10.2. The largest absolute Gasteiger partial charge is 0.395 e. The molecule has 0 spiro atoms. The van der Waals surface area contributed by atoms with Crippen LogP contribution in [0.5, 0.6) is 0 Å². The van der Waals surface area contributed by atoms with Crippen molar-refractivity contribution in [3.05, 3.63) is 45.0 Å². The van der Waals surface area contributed by atoms with Gasteiger partial charge in [-0.1, -0.05) is 0 Å². The van der Waals surface area contributed by atoms with Crippen molar-refractivity contribution in [3.63, 3.8) is 0 Å². The van der Waals surface area contributed by atoms with Crippen LogP contribution in [0.25, 0.3) is 0 Å². The van der Waals surface area contributed by atoms with Gasteiger partial charge < -0.3 is 10.4 Å². The number of aliphatic hydroxyl groups excluding tert-OH is 1. The smallest absolute Gasteiger partial charge is 0.259 e. The summed E-state index contributed by atoms with van der Waals surface area (Å²) in [6, 6.07) is 6.93. The summed E-state index contributed by atoms with van der Waals surface area (Å²) in [4.78, 5) is 36.4. The molecule has 4 rings (SSSR count). The van der Waals surface area contributed by atoms with Gasteiger partial charge in [0, 0.05) is 47.9 Å². The van der Waals surface area contributed by atoms with Crippen LogP contribution in [-0.2, 0) is 4.79 Å². The number of carbonyl (C=O) groups excluding carboxylic acids is 2. The fourth-order valence-electron chi connectivity index (χ4n) is 3.70. The van der Waals surface area contributed by atoms with Crippen LogP contribution < -0.4 is 10.2 Å². The third-order valence-electron chi connectivity index (χ3n) is 5.26. The average Bonchev–Trinajstić information content (AvgIpc) is 2.84. The normalized spacial score (nSPS) is 17.2. The third-order valence-corrected chi connectivity index (χ3v) is 7.10. The number of anilines is 3. The highest BCUT2D eigenvalue weighted by Gasteiger charge is 2.32.